The van der Waals surface area contributed by atoms with E-state index in [1.165, 1.54) is 19.1 Å². The Morgan fingerprint density at radius 3 is 2.57 bits per heavy atom. The first-order valence-corrected chi connectivity index (χ1v) is 11.6. The predicted octanol–water partition coefficient (Wildman–Crippen LogP) is 2.57. The maximum Gasteiger partial charge on any atom is 0.417 e. The van der Waals surface area contributed by atoms with Crippen LogP contribution >= 0.6 is 11.3 Å². The summed E-state index contributed by atoms with van der Waals surface area (Å²) in [5.41, 5.74) is -0.815. The van der Waals surface area contributed by atoms with E-state index in [1.54, 1.807) is 16.3 Å². The number of rotatable bonds is 5. The summed E-state index contributed by atoms with van der Waals surface area (Å²) in [6.07, 6.45) is -3.07. The number of anilines is 1. The third-order valence-corrected chi connectivity index (χ3v) is 7.61. The lowest BCUT2D eigenvalue weighted by molar-refractivity contribution is -0.137. The third kappa shape index (κ3) is 5.29. The first-order chi connectivity index (χ1) is 14.1. The van der Waals surface area contributed by atoms with Gasteiger partial charge in [0.1, 0.15) is 10.0 Å². The van der Waals surface area contributed by atoms with Gasteiger partial charge in [-0.2, -0.15) is 17.9 Å². The molecule has 30 heavy (non-hydrogen) atoms. The van der Waals surface area contributed by atoms with Crippen LogP contribution in [-0.4, -0.2) is 56.4 Å². The van der Waals surface area contributed by atoms with Gasteiger partial charge in [-0.3, -0.25) is 4.79 Å². The normalized spacial score (nSPS) is 16.9. The van der Waals surface area contributed by atoms with Gasteiger partial charge in [0.05, 0.1) is 11.6 Å². The molecule has 12 heteroatoms. The van der Waals surface area contributed by atoms with E-state index in [9.17, 15) is 26.4 Å². The number of thiophene rings is 1. The number of carbonyl (C=O) groups is 1. The van der Waals surface area contributed by atoms with Gasteiger partial charge in [0.2, 0.25) is 5.91 Å². The third-order valence-electron chi connectivity index (χ3n) is 4.67. The van der Waals surface area contributed by atoms with E-state index in [1.807, 2.05) is 4.90 Å². The number of pyridine rings is 1. The predicted molar refractivity (Wildman–Crippen MR) is 107 cm³/mol. The number of hydrogen-bond donors (Lipinski definition) is 1. The Labute approximate surface area is 176 Å². The minimum Gasteiger partial charge on any atom is -0.355 e. The van der Waals surface area contributed by atoms with Gasteiger partial charge < -0.3 is 9.80 Å². The molecule has 1 aliphatic rings. The van der Waals surface area contributed by atoms with Gasteiger partial charge in [0, 0.05) is 32.4 Å². The topological polar surface area (TPSA) is 82.6 Å². The Kier molecular flexibility index (Phi) is 6.68. The van der Waals surface area contributed by atoms with Crippen LogP contribution in [0, 0.1) is 0 Å². The zero-order valence-corrected chi connectivity index (χ0v) is 17.7. The van der Waals surface area contributed by atoms with E-state index in [2.05, 4.69) is 9.71 Å². The molecule has 1 aliphatic heterocycles. The average molecular weight is 463 g/mol. The summed E-state index contributed by atoms with van der Waals surface area (Å²) < 4.78 is 65.3. The minimum atomic E-state index is -4.44. The van der Waals surface area contributed by atoms with Crippen LogP contribution in [0.25, 0.3) is 0 Å². The number of nitrogens with one attached hydrogen (secondary N) is 1. The molecule has 2 aromatic rings. The molecule has 164 valence electrons. The van der Waals surface area contributed by atoms with Crippen LogP contribution in [0.1, 0.15) is 18.9 Å². The summed E-state index contributed by atoms with van der Waals surface area (Å²) >= 11 is 1.06. The van der Waals surface area contributed by atoms with Crippen molar-refractivity contribution >= 4 is 33.1 Å². The number of nitrogens with zero attached hydrogens (tertiary/aromatic N) is 3. The van der Waals surface area contributed by atoms with Crippen LogP contribution in [0.15, 0.2) is 40.1 Å². The van der Waals surface area contributed by atoms with Gasteiger partial charge in [-0.05, 0) is 36.9 Å². The Morgan fingerprint density at radius 1 is 1.20 bits per heavy atom. The molecule has 0 bridgehead atoms. The Morgan fingerprint density at radius 2 is 1.97 bits per heavy atom. The van der Waals surface area contributed by atoms with Gasteiger partial charge in [-0.25, -0.2) is 13.4 Å². The lowest BCUT2D eigenvalue weighted by Gasteiger charge is -2.25. The Bertz CT molecular complexity index is 964. The van der Waals surface area contributed by atoms with Crippen molar-refractivity contribution in [2.75, 3.05) is 31.1 Å². The zero-order chi connectivity index (χ0) is 21.9. The highest BCUT2D eigenvalue weighted by atomic mass is 32.2. The second-order valence-electron chi connectivity index (χ2n) is 6.84. The molecule has 0 radical (unpaired) electrons. The van der Waals surface area contributed by atoms with E-state index in [-0.39, 0.29) is 10.1 Å². The van der Waals surface area contributed by atoms with Crippen molar-refractivity contribution in [2.45, 2.75) is 29.8 Å². The maximum atomic E-state index is 12.7. The van der Waals surface area contributed by atoms with E-state index >= 15 is 0 Å². The van der Waals surface area contributed by atoms with Crippen LogP contribution in [0.2, 0.25) is 0 Å². The summed E-state index contributed by atoms with van der Waals surface area (Å²) in [6, 6.07) is 4.44. The molecule has 3 rings (SSSR count). The van der Waals surface area contributed by atoms with Crippen molar-refractivity contribution in [3.8, 4) is 0 Å². The largest absolute Gasteiger partial charge is 0.417 e. The summed E-state index contributed by atoms with van der Waals surface area (Å²) in [4.78, 5) is 20.0. The lowest BCUT2D eigenvalue weighted by atomic mass is 10.2. The molecule has 0 saturated carbocycles. The van der Waals surface area contributed by atoms with Crippen molar-refractivity contribution in [1.82, 2.24) is 14.6 Å². The fourth-order valence-corrected chi connectivity index (χ4v) is 5.35. The number of halogens is 3. The summed E-state index contributed by atoms with van der Waals surface area (Å²) in [5, 5.41) is 1.64. The molecule has 0 aromatic carbocycles. The fourth-order valence-electron chi connectivity index (χ4n) is 3.14. The van der Waals surface area contributed by atoms with E-state index in [4.69, 9.17) is 0 Å². The Hall–Kier alpha value is -2.18. The van der Waals surface area contributed by atoms with Crippen molar-refractivity contribution in [3.05, 3.63) is 41.4 Å². The highest BCUT2D eigenvalue weighted by Gasteiger charge is 2.31. The van der Waals surface area contributed by atoms with Crippen molar-refractivity contribution in [1.29, 1.82) is 0 Å². The van der Waals surface area contributed by atoms with E-state index < -0.39 is 27.8 Å². The molecular weight excluding hydrogens is 441 g/mol. The summed E-state index contributed by atoms with van der Waals surface area (Å²) in [5.74, 6) is 0.0566. The molecule has 1 unspecified atom stereocenters. The van der Waals surface area contributed by atoms with Crippen LogP contribution in [0.3, 0.4) is 0 Å². The molecule has 0 spiro atoms. The lowest BCUT2D eigenvalue weighted by Crippen LogP contribution is -2.47. The first-order valence-electron chi connectivity index (χ1n) is 9.21. The second kappa shape index (κ2) is 8.90. The number of amides is 1. The van der Waals surface area contributed by atoms with Gasteiger partial charge in [-0.15, -0.1) is 11.3 Å². The fraction of sp³-hybridized carbons (Fsp3) is 0.444. The molecule has 1 amide bonds. The number of alkyl halides is 3. The van der Waals surface area contributed by atoms with Gasteiger partial charge >= 0.3 is 6.18 Å². The molecule has 1 saturated heterocycles. The van der Waals surface area contributed by atoms with Crippen LogP contribution in [0.5, 0.6) is 0 Å². The highest BCUT2D eigenvalue weighted by molar-refractivity contribution is 7.91. The number of hydrogen-bond acceptors (Lipinski definition) is 6. The van der Waals surface area contributed by atoms with Gasteiger partial charge in [0.25, 0.3) is 10.0 Å². The minimum absolute atomic E-state index is 0.137. The molecule has 1 atom stereocenters. The molecular formula is C18H21F3N4O3S2. The summed E-state index contributed by atoms with van der Waals surface area (Å²) in [6.45, 7) is 3.13. The molecule has 7 nitrogen and oxygen atoms in total. The van der Waals surface area contributed by atoms with Gasteiger partial charge in [-0.1, -0.05) is 6.07 Å². The van der Waals surface area contributed by atoms with E-state index in [0.717, 1.165) is 23.6 Å². The molecule has 2 aromatic heterocycles. The smallest absolute Gasteiger partial charge is 0.355 e. The van der Waals surface area contributed by atoms with Crippen molar-refractivity contribution in [2.24, 2.45) is 0 Å². The maximum absolute atomic E-state index is 12.7. The first kappa shape index (κ1) is 22.5. The monoisotopic (exact) mass is 462 g/mol. The van der Waals surface area contributed by atoms with Crippen molar-refractivity contribution in [3.63, 3.8) is 0 Å². The Balaban J connectivity index is 1.61. The van der Waals surface area contributed by atoms with E-state index in [0.29, 0.717) is 38.4 Å². The molecule has 0 aliphatic carbocycles. The summed E-state index contributed by atoms with van der Waals surface area (Å²) in [7, 11) is -3.77. The van der Waals surface area contributed by atoms with Gasteiger partial charge in [0.15, 0.2) is 0 Å². The quantitative estimate of drug-likeness (QED) is 0.739. The standard InChI is InChI=1S/C18H21F3N4O3S2/c1-13(23-30(27,28)16-4-2-11-29-16)17(26)25-8-3-7-24(9-10-25)15-6-5-14(12-22-15)18(19,20)21/h2,4-6,11-13,23H,3,7-10H2,1H3. The molecule has 3 heterocycles. The molecule has 1 fully saturated rings. The van der Waals surface area contributed by atoms with Crippen LogP contribution in [-0.2, 0) is 21.0 Å². The zero-order valence-electron chi connectivity index (χ0n) is 16.1. The van der Waals surface area contributed by atoms with Crippen molar-refractivity contribution < 1.29 is 26.4 Å². The highest BCUT2D eigenvalue weighted by Crippen LogP contribution is 2.29. The number of sulfonamides is 1. The van der Waals surface area contributed by atoms with Crippen LogP contribution < -0.4 is 9.62 Å². The average Bonchev–Trinajstić information content (AvgIpc) is 3.13. The number of carbonyl (C=O) groups excluding carboxylic acids is 1. The second-order valence-corrected chi connectivity index (χ2v) is 9.73. The van der Waals surface area contributed by atoms with Crippen LogP contribution in [0.4, 0.5) is 19.0 Å². The SMILES string of the molecule is CC(NS(=O)(=O)c1cccs1)C(=O)N1CCCN(c2ccc(C(F)(F)F)cn2)CC1. The molecule has 1 N–H and O–H groups in total. The number of aromatic nitrogens is 1.